The van der Waals surface area contributed by atoms with Crippen LogP contribution in [0.1, 0.15) is 26.2 Å². The highest BCUT2D eigenvalue weighted by Crippen LogP contribution is 2.39. The number of hydrogen-bond acceptors (Lipinski definition) is 4. The van der Waals surface area contributed by atoms with E-state index in [-0.39, 0.29) is 12.0 Å². The summed E-state index contributed by atoms with van der Waals surface area (Å²) < 4.78 is 62.6. The molecule has 21 heavy (non-hydrogen) atoms. The topological polar surface area (TPSA) is 106 Å². The predicted octanol–water partition coefficient (Wildman–Crippen LogP) is 0.942. The van der Waals surface area contributed by atoms with Gasteiger partial charge in [0, 0.05) is 6.54 Å². The van der Waals surface area contributed by atoms with Crippen LogP contribution >= 0.6 is 0 Å². The summed E-state index contributed by atoms with van der Waals surface area (Å²) in [6.07, 6.45) is 2.89. The monoisotopic (exact) mass is 336 g/mol. The van der Waals surface area contributed by atoms with E-state index in [2.05, 4.69) is 4.72 Å². The first-order chi connectivity index (χ1) is 9.54. The van der Waals surface area contributed by atoms with Crippen LogP contribution in [0.2, 0.25) is 0 Å². The number of nitrogens with one attached hydrogen (secondary N) is 1. The zero-order chi connectivity index (χ0) is 15.9. The van der Waals surface area contributed by atoms with Crippen LogP contribution in [0.3, 0.4) is 0 Å². The van der Waals surface area contributed by atoms with Crippen molar-refractivity contribution in [3.63, 3.8) is 0 Å². The second kappa shape index (κ2) is 5.31. The van der Waals surface area contributed by atoms with Gasteiger partial charge in [-0.25, -0.2) is 31.1 Å². The normalized spacial score (nSPS) is 18.2. The van der Waals surface area contributed by atoms with Gasteiger partial charge in [-0.2, -0.15) is 0 Å². The first-order valence-corrected chi connectivity index (χ1v) is 9.39. The van der Waals surface area contributed by atoms with Gasteiger partial charge in [-0.1, -0.05) is 13.3 Å². The largest absolute Gasteiger partial charge is 0.243 e. The third kappa shape index (κ3) is 3.60. The number of benzene rings is 1. The Morgan fingerprint density at radius 3 is 2.33 bits per heavy atom. The molecule has 3 N–H and O–H groups in total. The number of sulfonamides is 2. The highest BCUT2D eigenvalue weighted by Gasteiger charge is 2.33. The summed E-state index contributed by atoms with van der Waals surface area (Å²) in [4.78, 5) is -1.05. The molecule has 2 rings (SSSR count). The lowest BCUT2D eigenvalue weighted by Gasteiger charge is -2.38. The summed E-state index contributed by atoms with van der Waals surface area (Å²) in [5, 5.41) is 4.87. The van der Waals surface area contributed by atoms with Crippen molar-refractivity contribution in [2.75, 3.05) is 6.54 Å². The lowest BCUT2D eigenvalue weighted by Crippen LogP contribution is -2.40. The molecule has 1 aliphatic carbocycles. The standard InChI is InChI=1S/C12H17FN2O4S2/c1-12(5-2-6-12)8-15-21(18,19)11-4-3-9(7-10(11)13)20(14,16)17/h3-4,7,15H,2,5-6,8H2,1H3,(H2,14,16,17). The highest BCUT2D eigenvalue weighted by molar-refractivity contribution is 7.89. The fraction of sp³-hybridized carbons (Fsp3) is 0.500. The zero-order valence-electron chi connectivity index (χ0n) is 11.5. The Labute approximate surface area is 123 Å². The summed E-state index contributed by atoms with van der Waals surface area (Å²) in [7, 11) is -8.10. The molecule has 0 aromatic heterocycles. The van der Waals surface area contributed by atoms with Gasteiger partial charge in [-0.05, 0) is 36.5 Å². The van der Waals surface area contributed by atoms with Crippen molar-refractivity contribution in [2.24, 2.45) is 10.6 Å². The first kappa shape index (κ1) is 16.3. The van der Waals surface area contributed by atoms with Gasteiger partial charge in [0.25, 0.3) is 0 Å². The molecule has 1 aromatic rings. The minimum atomic E-state index is -4.07. The fourth-order valence-electron chi connectivity index (χ4n) is 2.18. The maximum absolute atomic E-state index is 13.9. The molecule has 0 amide bonds. The molecule has 0 atom stereocenters. The van der Waals surface area contributed by atoms with Gasteiger partial charge < -0.3 is 0 Å². The van der Waals surface area contributed by atoms with E-state index in [1.54, 1.807) is 0 Å². The minimum absolute atomic E-state index is 0.0932. The van der Waals surface area contributed by atoms with E-state index in [4.69, 9.17) is 5.14 Å². The van der Waals surface area contributed by atoms with E-state index < -0.39 is 35.7 Å². The molecular weight excluding hydrogens is 319 g/mol. The van der Waals surface area contributed by atoms with Gasteiger partial charge in [-0.3, -0.25) is 0 Å². The number of primary sulfonamides is 1. The summed E-state index contributed by atoms with van der Waals surface area (Å²) in [5.74, 6) is -1.15. The maximum atomic E-state index is 13.9. The fourth-order valence-corrected chi connectivity index (χ4v) is 3.96. The zero-order valence-corrected chi connectivity index (χ0v) is 13.1. The summed E-state index contributed by atoms with van der Waals surface area (Å²) in [5.41, 5.74) is -0.0932. The van der Waals surface area contributed by atoms with Crippen LogP contribution in [-0.2, 0) is 20.0 Å². The molecule has 9 heteroatoms. The van der Waals surface area contributed by atoms with Crippen molar-refractivity contribution in [3.05, 3.63) is 24.0 Å². The van der Waals surface area contributed by atoms with E-state index in [0.29, 0.717) is 6.07 Å². The molecule has 0 unspecified atom stereocenters. The minimum Gasteiger partial charge on any atom is -0.225 e. The number of nitrogens with two attached hydrogens (primary N) is 1. The molecule has 1 aromatic carbocycles. The van der Waals surface area contributed by atoms with E-state index in [1.165, 1.54) is 0 Å². The molecule has 1 aliphatic rings. The van der Waals surface area contributed by atoms with E-state index >= 15 is 0 Å². The lowest BCUT2D eigenvalue weighted by atomic mass is 9.71. The summed E-state index contributed by atoms with van der Waals surface area (Å²) in [6.45, 7) is 2.19. The molecule has 118 valence electrons. The Morgan fingerprint density at radius 1 is 1.29 bits per heavy atom. The molecular formula is C12H17FN2O4S2. The average molecular weight is 336 g/mol. The molecule has 0 spiro atoms. The first-order valence-electron chi connectivity index (χ1n) is 6.36. The van der Waals surface area contributed by atoms with Gasteiger partial charge in [-0.15, -0.1) is 0 Å². The van der Waals surface area contributed by atoms with Crippen LogP contribution in [0.5, 0.6) is 0 Å². The second-order valence-electron chi connectivity index (χ2n) is 5.63. The van der Waals surface area contributed by atoms with Crippen molar-refractivity contribution in [1.29, 1.82) is 0 Å². The maximum Gasteiger partial charge on any atom is 0.243 e. The Morgan fingerprint density at radius 2 is 1.90 bits per heavy atom. The molecule has 0 bridgehead atoms. The number of hydrogen-bond donors (Lipinski definition) is 2. The van der Waals surface area contributed by atoms with E-state index in [1.807, 2.05) is 6.92 Å². The van der Waals surface area contributed by atoms with Crippen LogP contribution in [0, 0.1) is 11.2 Å². The van der Waals surface area contributed by atoms with Crippen LogP contribution in [0.15, 0.2) is 28.0 Å². The molecule has 1 saturated carbocycles. The van der Waals surface area contributed by atoms with Gasteiger partial charge in [0.1, 0.15) is 10.7 Å². The average Bonchev–Trinajstić information content (AvgIpc) is 2.32. The SMILES string of the molecule is CC1(CNS(=O)(=O)c2ccc(S(N)(=O)=O)cc2F)CCC1. The molecule has 0 radical (unpaired) electrons. The smallest absolute Gasteiger partial charge is 0.225 e. The summed E-state index contributed by atoms with van der Waals surface area (Å²) >= 11 is 0. The lowest BCUT2D eigenvalue weighted by molar-refractivity contribution is 0.166. The molecule has 0 saturated heterocycles. The van der Waals surface area contributed by atoms with Crippen LogP contribution in [-0.4, -0.2) is 23.4 Å². The highest BCUT2D eigenvalue weighted by atomic mass is 32.2. The van der Waals surface area contributed by atoms with Crippen molar-refractivity contribution in [3.8, 4) is 0 Å². The molecule has 6 nitrogen and oxygen atoms in total. The van der Waals surface area contributed by atoms with E-state index in [0.717, 1.165) is 31.4 Å². The van der Waals surface area contributed by atoms with Crippen molar-refractivity contribution in [2.45, 2.75) is 36.0 Å². The molecule has 0 aliphatic heterocycles. The second-order valence-corrected chi connectivity index (χ2v) is 8.92. The van der Waals surface area contributed by atoms with Crippen molar-refractivity contribution < 1.29 is 21.2 Å². The van der Waals surface area contributed by atoms with Gasteiger partial charge in [0.15, 0.2) is 0 Å². The van der Waals surface area contributed by atoms with Crippen LogP contribution in [0.25, 0.3) is 0 Å². The number of rotatable bonds is 5. The van der Waals surface area contributed by atoms with Crippen molar-refractivity contribution in [1.82, 2.24) is 4.72 Å². The number of halogens is 1. The van der Waals surface area contributed by atoms with Gasteiger partial charge in [0.2, 0.25) is 20.0 Å². The van der Waals surface area contributed by atoms with Gasteiger partial charge >= 0.3 is 0 Å². The Kier molecular flexibility index (Phi) is 4.13. The molecule has 0 heterocycles. The predicted molar refractivity (Wildman–Crippen MR) is 74.9 cm³/mol. The van der Waals surface area contributed by atoms with Crippen LogP contribution < -0.4 is 9.86 Å². The van der Waals surface area contributed by atoms with E-state index in [9.17, 15) is 21.2 Å². The summed E-state index contributed by atoms with van der Waals surface area (Å²) in [6, 6.07) is 2.48. The quantitative estimate of drug-likeness (QED) is 0.834. The Hall–Kier alpha value is -1.03. The van der Waals surface area contributed by atoms with Gasteiger partial charge in [0.05, 0.1) is 4.90 Å². The van der Waals surface area contributed by atoms with Crippen molar-refractivity contribution >= 4 is 20.0 Å². The Bertz CT molecular complexity index is 755. The molecule has 1 fully saturated rings. The third-order valence-electron chi connectivity index (χ3n) is 3.77. The third-order valence-corrected chi connectivity index (χ3v) is 6.12. The Balaban J connectivity index is 2.24. The van der Waals surface area contributed by atoms with Crippen LogP contribution in [0.4, 0.5) is 4.39 Å².